The van der Waals surface area contributed by atoms with Crippen LogP contribution in [0.1, 0.15) is 151 Å². The van der Waals surface area contributed by atoms with Crippen LogP contribution in [-0.4, -0.2) is 82.7 Å². The highest BCUT2D eigenvalue weighted by Crippen LogP contribution is 2.47. The third-order valence-electron chi connectivity index (χ3n) is 15.9. The Morgan fingerprint density at radius 3 is 1.18 bits per heavy atom. The minimum Gasteiger partial charge on any atom is -0.490 e. The van der Waals surface area contributed by atoms with E-state index < -0.39 is 71.8 Å². The molecular formula is C56H66F12N2O6. The molecule has 2 aliphatic heterocycles. The predicted molar refractivity (Wildman–Crippen MR) is 262 cm³/mol. The third kappa shape index (κ3) is 14.8. The Balaban J connectivity index is 0.000000221. The Morgan fingerprint density at radius 1 is 0.526 bits per heavy atom. The second-order valence-corrected chi connectivity index (χ2v) is 21.2. The summed E-state index contributed by atoms with van der Waals surface area (Å²) in [7, 11) is 0. The summed E-state index contributed by atoms with van der Waals surface area (Å²) in [6.45, 7) is 6.84. The van der Waals surface area contributed by atoms with Gasteiger partial charge in [-0.15, -0.1) is 0 Å². The quantitative estimate of drug-likeness (QED) is 0.121. The second kappa shape index (κ2) is 24.4. The lowest BCUT2D eigenvalue weighted by Crippen LogP contribution is -2.38. The average Bonchev–Trinajstić information content (AvgIpc) is 3.33. The standard InChI is InChI=1S/2C28H33F6NO3/c2*1-2-23(35-13-3-4-17(16-35)14-25(36)37)19-5-11-22-18(15-19)6-12-24(26(22)28(32,33)34)38-21-9-7-20(8-10-21)27(29,30)31/h2*5-6,11-12,15,17,20-21,23H,2-4,7-10,13-14,16H2,1H3,(H,36,37)/t17-,20?,21?,23+;17-,20?,21?,23-/m11/s1. The van der Waals surface area contributed by atoms with E-state index in [1.54, 1.807) is 36.4 Å². The molecule has 4 aromatic carbocycles. The predicted octanol–water partition coefficient (Wildman–Crippen LogP) is 16.0. The number of carbonyl (C=O) groups is 2. The van der Waals surface area contributed by atoms with Gasteiger partial charge in [0.05, 0.1) is 24.0 Å². The summed E-state index contributed by atoms with van der Waals surface area (Å²) in [5.41, 5.74) is -0.0921. The maximum Gasteiger partial charge on any atom is 0.420 e. The largest absolute Gasteiger partial charge is 0.490 e. The normalized spacial score (nSPS) is 24.3. The summed E-state index contributed by atoms with van der Waals surface area (Å²) in [5.74, 6) is -5.17. The van der Waals surface area contributed by atoms with Crippen molar-refractivity contribution in [3.05, 3.63) is 82.9 Å². The maximum atomic E-state index is 14.2. The van der Waals surface area contributed by atoms with Crippen molar-refractivity contribution in [2.24, 2.45) is 23.7 Å². The van der Waals surface area contributed by atoms with Crippen molar-refractivity contribution in [2.75, 3.05) is 26.2 Å². The van der Waals surface area contributed by atoms with Crippen LogP contribution in [0.25, 0.3) is 21.5 Å². The van der Waals surface area contributed by atoms with Crippen LogP contribution in [0.15, 0.2) is 60.7 Å². The first-order chi connectivity index (χ1) is 35.7. The van der Waals surface area contributed by atoms with Gasteiger partial charge in [-0.05, 0) is 172 Å². The first kappa shape index (κ1) is 58.7. The molecule has 8 rings (SSSR count). The minimum atomic E-state index is -4.71. The van der Waals surface area contributed by atoms with Gasteiger partial charge in [0.25, 0.3) is 0 Å². The fourth-order valence-electron chi connectivity index (χ4n) is 12.2. The molecular weight excluding hydrogens is 1020 g/mol. The van der Waals surface area contributed by atoms with Crippen LogP contribution in [0.2, 0.25) is 0 Å². The molecule has 4 fully saturated rings. The highest BCUT2D eigenvalue weighted by molar-refractivity contribution is 5.90. The monoisotopic (exact) mass is 1090 g/mol. The van der Waals surface area contributed by atoms with Crippen molar-refractivity contribution >= 4 is 33.5 Å². The maximum absolute atomic E-state index is 14.2. The topological polar surface area (TPSA) is 99.5 Å². The number of benzene rings is 4. The van der Waals surface area contributed by atoms with Gasteiger partial charge < -0.3 is 19.7 Å². The molecule has 4 aromatic rings. The number of aliphatic carboxylic acids is 2. The van der Waals surface area contributed by atoms with E-state index >= 15 is 0 Å². The molecule has 20 heteroatoms. The van der Waals surface area contributed by atoms with Gasteiger partial charge in [-0.25, -0.2) is 0 Å². The first-order valence-corrected chi connectivity index (χ1v) is 26.4. The number of ether oxygens (including phenoxy) is 2. The Kier molecular flexibility index (Phi) is 18.8. The van der Waals surface area contributed by atoms with Gasteiger partial charge in [-0.3, -0.25) is 19.4 Å². The molecule has 2 saturated heterocycles. The van der Waals surface area contributed by atoms with Gasteiger partial charge in [0.1, 0.15) is 22.6 Å². The molecule has 0 bridgehead atoms. The summed E-state index contributed by atoms with van der Waals surface area (Å²) in [4.78, 5) is 26.8. The Morgan fingerprint density at radius 2 is 0.882 bits per heavy atom. The summed E-state index contributed by atoms with van der Waals surface area (Å²) in [6.07, 6.45) is -14.8. The Hall–Kier alpha value is -4.98. The van der Waals surface area contributed by atoms with Gasteiger partial charge >= 0.3 is 36.6 Å². The highest BCUT2D eigenvalue weighted by Gasteiger charge is 2.45. The molecule has 2 aliphatic carbocycles. The number of alkyl halides is 12. The van der Waals surface area contributed by atoms with E-state index in [0.29, 0.717) is 23.9 Å². The second-order valence-electron chi connectivity index (χ2n) is 21.2. The van der Waals surface area contributed by atoms with E-state index in [1.807, 2.05) is 13.8 Å². The number of hydrogen-bond acceptors (Lipinski definition) is 6. The van der Waals surface area contributed by atoms with E-state index in [2.05, 4.69) is 9.80 Å². The lowest BCUT2D eigenvalue weighted by Gasteiger charge is -2.38. The van der Waals surface area contributed by atoms with Gasteiger partial charge in [0.2, 0.25) is 0 Å². The lowest BCUT2D eigenvalue weighted by molar-refractivity contribution is -0.186. The molecule has 76 heavy (non-hydrogen) atoms. The number of hydrogen-bond donors (Lipinski definition) is 2. The van der Waals surface area contributed by atoms with Crippen molar-refractivity contribution in [2.45, 2.75) is 166 Å². The number of rotatable bonds is 14. The summed E-state index contributed by atoms with van der Waals surface area (Å²) >= 11 is 0. The van der Waals surface area contributed by atoms with E-state index in [0.717, 1.165) is 62.7 Å². The summed E-state index contributed by atoms with van der Waals surface area (Å²) < 4.78 is 175. The summed E-state index contributed by atoms with van der Waals surface area (Å²) in [5, 5.41) is 19.1. The Labute approximate surface area is 434 Å². The fourth-order valence-corrected chi connectivity index (χ4v) is 12.2. The van der Waals surface area contributed by atoms with Crippen LogP contribution >= 0.6 is 0 Å². The van der Waals surface area contributed by atoms with Gasteiger partial charge in [0, 0.05) is 38.0 Å². The Bertz CT molecular complexity index is 2430. The molecule has 420 valence electrons. The molecule has 0 amide bonds. The van der Waals surface area contributed by atoms with Crippen molar-refractivity contribution in [1.82, 2.24) is 9.80 Å². The molecule has 4 atom stereocenters. The van der Waals surface area contributed by atoms with Crippen molar-refractivity contribution in [3.63, 3.8) is 0 Å². The van der Waals surface area contributed by atoms with Gasteiger partial charge in [-0.2, -0.15) is 52.7 Å². The van der Waals surface area contributed by atoms with Crippen LogP contribution < -0.4 is 9.47 Å². The molecule has 0 radical (unpaired) electrons. The number of fused-ring (bicyclic) bond motifs is 2. The molecule has 0 unspecified atom stereocenters. The zero-order valence-corrected chi connectivity index (χ0v) is 42.5. The molecule has 2 N–H and O–H groups in total. The smallest absolute Gasteiger partial charge is 0.420 e. The zero-order chi connectivity index (χ0) is 55.3. The van der Waals surface area contributed by atoms with E-state index in [4.69, 9.17) is 9.47 Å². The average molecular weight is 1090 g/mol. The first-order valence-electron chi connectivity index (χ1n) is 26.4. The SMILES string of the molecule is CC[C@@H](c1ccc2c(C(F)(F)F)c(OC3CCC(C(F)(F)F)CC3)ccc2c1)N1CCC[C@H](CC(=O)O)C1.CC[C@H](c1ccc2c(C(F)(F)F)c(OC3CCC(C(F)(F)F)CC3)ccc2c1)N1CCC[C@H](CC(=O)O)C1. The molecule has 2 saturated carbocycles. The number of piperidine rings is 2. The zero-order valence-electron chi connectivity index (χ0n) is 42.5. The van der Waals surface area contributed by atoms with Crippen molar-refractivity contribution in [1.29, 1.82) is 0 Å². The number of nitrogens with zero attached hydrogens (tertiary/aromatic N) is 2. The number of carboxylic acids is 2. The van der Waals surface area contributed by atoms with Crippen molar-refractivity contribution in [3.8, 4) is 11.5 Å². The molecule has 0 spiro atoms. The minimum absolute atomic E-state index is 0.0139. The molecule has 8 nitrogen and oxygen atoms in total. The van der Waals surface area contributed by atoms with Crippen molar-refractivity contribution < 1.29 is 82.0 Å². The lowest BCUT2D eigenvalue weighted by atomic mass is 9.87. The van der Waals surface area contributed by atoms with Crippen LogP contribution in [0, 0.1) is 23.7 Å². The number of halogens is 12. The van der Waals surface area contributed by atoms with Gasteiger partial charge in [0.15, 0.2) is 0 Å². The van der Waals surface area contributed by atoms with E-state index in [9.17, 15) is 72.5 Å². The molecule has 2 heterocycles. The highest BCUT2D eigenvalue weighted by atomic mass is 19.4. The van der Waals surface area contributed by atoms with Crippen LogP contribution in [-0.2, 0) is 21.9 Å². The van der Waals surface area contributed by atoms with Crippen LogP contribution in [0.4, 0.5) is 52.7 Å². The summed E-state index contributed by atoms with van der Waals surface area (Å²) in [6, 6.07) is 15.3. The van der Waals surface area contributed by atoms with E-state index in [1.165, 1.54) is 24.3 Å². The fraction of sp³-hybridized carbons (Fsp3) is 0.607. The number of carboxylic acid groups (broad SMARTS) is 2. The third-order valence-corrected chi connectivity index (χ3v) is 15.9. The van der Waals surface area contributed by atoms with E-state index in [-0.39, 0.29) is 110 Å². The van der Waals surface area contributed by atoms with Crippen LogP contribution in [0.3, 0.4) is 0 Å². The number of likely N-dealkylation sites (tertiary alicyclic amines) is 2. The van der Waals surface area contributed by atoms with Crippen LogP contribution in [0.5, 0.6) is 11.5 Å². The molecule has 0 aromatic heterocycles. The molecule has 4 aliphatic rings. The van der Waals surface area contributed by atoms with Gasteiger partial charge in [-0.1, -0.05) is 50.2 Å².